The zero-order chi connectivity index (χ0) is 14.5. The first-order valence-electron chi connectivity index (χ1n) is 6.24. The van der Waals surface area contributed by atoms with Crippen LogP contribution >= 0.6 is 0 Å². The second kappa shape index (κ2) is 6.10. The van der Waals surface area contributed by atoms with Gasteiger partial charge in [0.1, 0.15) is 17.5 Å². The molecular weight excluding hydrogens is 259 g/mol. The summed E-state index contributed by atoms with van der Waals surface area (Å²) in [6, 6.07) is 6.43. The molecule has 0 aliphatic rings. The van der Waals surface area contributed by atoms with E-state index < -0.39 is 11.7 Å². The first kappa shape index (κ1) is 13.9. The van der Waals surface area contributed by atoms with Crippen molar-refractivity contribution in [3.8, 4) is 0 Å². The van der Waals surface area contributed by atoms with Gasteiger partial charge in [-0.25, -0.2) is 14.4 Å². The maximum atomic E-state index is 13.3. The molecule has 5 nitrogen and oxygen atoms in total. The van der Waals surface area contributed by atoms with Crippen LogP contribution in [0.5, 0.6) is 0 Å². The van der Waals surface area contributed by atoms with Crippen molar-refractivity contribution in [3.63, 3.8) is 0 Å². The molecule has 2 aromatic rings. The van der Waals surface area contributed by atoms with Gasteiger partial charge in [0, 0.05) is 12.2 Å². The molecule has 20 heavy (non-hydrogen) atoms. The van der Waals surface area contributed by atoms with Gasteiger partial charge in [-0.05, 0) is 32.0 Å². The van der Waals surface area contributed by atoms with Gasteiger partial charge in [0.2, 0.25) is 0 Å². The van der Waals surface area contributed by atoms with E-state index in [9.17, 15) is 9.18 Å². The Hall–Kier alpha value is -2.50. The van der Waals surface area contributed by atoms with Crippen LogP contribution in [-0.4, -0.2) is 22.4 Å². The number of aryl methyl sites for hydroxylation is 1. The molecule has 6 heteroatoms. The third kappa shape index (κ3) is 3.28. The molecule has 2 rings (SSSR count). The number of hydrogen-bond acceptors (Lipinski definition) is 4. The van der Waals surface area contributed by atoms with Gasteiger partial charge in [-0.2, -0.15) is 0 Å². The van der Waals surface area contributed by atoms with Crippen LogP contribution in [0.1, 0.15) is 23.0 Å². The van der Waals surface area contributed by atoms with E-state index in [2.05, 4.69) is 20.6 Å². The summed E-state index contributed by atoms with van der Waals surface area (Å²) in [5.74, 6) is -0.249. The van der Waals surface area contributed by atoms with E-state index in [1.54, 1.807) is 12.1 Å². The summed E-state index contributed by atoms with van der Waals surface area (Å²) < 4.78 is 13.3. The molecule has 0 saturated carbocycles. The summed E-state index contributed by atoms with van der Waals surface area (Å²) in [4.78, 5) is 20.2. The van der Waals surface area contributed by atoms with Gasteiger partial charge in [-0.15, -0.1) is 0 Å². The molecule has 2 heterocycles. The van der Waals surface area contributed by atoms with Gasteiger partial charge in [0.05, 0.1) is 11.8 Å². The van der Waals surface area contributed by atoms with E-state index in [-0.39, 0.29) is 5.56 Å². The Morgan fingerprint density at radius 1 is 1.40 bits per heavy atom. The van der Waals surface area contributed by atoms with Gasteiger partial charge in [0.15, 0.2) is 0 Å². The summed E-state index contributed by atoms with van der Waals surface area (Å²) in [6.45, 7) is 4.28. The van der Waals surface area contributed by atoms with Crippen LogP contribution in [0, 0.1) is 12.7 Å². The summed E-state index contributed by atoms with van der Waals surface area (Å²) in [5.41, 5.74) is 0.933. The lowest BCUT2D eigenvalue weighted by atomic mass is 10.2. The van der Waals surface area contributed by atoms with E-state index in [1.807, 2.05) is 19.9 Å². The van der Waals surface area contributed by atoms with Gasteiger partial charge >= 0.3 is 0 Å². The smallest absolute Gasteiger partial charge is 0.260 e. The first-order chi connectivity index (χ1) is 9.60. The Bertz CT molecular complexity index is 630. The summed E-state index contributed by atoms with van der Waals surface area (Å²) >= 11 is 0. The minimum absolute atomic E-state index is 0.148. The average Bonchev–Trinajstić information content (AvgIpc) is 2.41. The Balaban J connectivity index is 2.26. The standard InChI is InChI=1S/C14H15FN4O/c1-3-16-13-11(7-10(15)8-17-13)14(20)19-12-6-4-5-9(2)18-12/h4-8H,3H2,1-2H3,(H,16,17)(H,18,19,20). The second-order valence-electron chi connectivity index (χ2n) is 4.20. The maximum Gasteiger partial charge on any atom is 0.260 e. The lowest BCUT2D eigenvalue weighted by Crippen LogP contribution is -2.17. The SMILES string of the molecule is CCNc1ncc(F)cc1C(=O)Nc1cccc(C)n1. The highest BCUT2D eigenvalue weighted by molar-refractivity contribution is 6.07. The summed E-state index contributed by atoms with van der Waals surface area (Å²) in [6.07, 6.45) is 1.07. The van der Waals surface area contributed by atoms with E-state index in [0.717, 1.165) is 18.0 Å². The molecule has 0 bridgehead atoms. The van der Waals surface area contributed by atoms with Crippen molar-refractivity contribution in [3.05, 3.63) is 47.5 Å². The number of carbonyl (C=O) groups excluding carboxylic acids is 1. The fraction of sp³-hybridized carbons (Fsp3) is 0.214. The number of aromatic nitrogens is 2. The third-order valence-corrected chi connectivity index (χ3v) is 2.57. The zero-order valence-electron chi connectivity index (χ0n) is 11.3. The highest BCUT2D eigenvalue weighted by atomic mass is 19.1. The maximum absolute atomic E-state index is 13.3. The minimum atomic E-state index is -0.561. The molecule has 0 fully saturated rings. The first-order valence-corrected chi connectivity index (χ1v) is 6.24. The molecule has 0 spiro atoms. The summed E-state index contributed by atoms with van der Waals surface area (Å²) in [7, 11) is 0. The highest BCUT2D eigenvalue weighted by Crippen LogP contribution is 2.15. The molecule has 2 aromatic heterocycles. The van der Waals surface area contributed by atoms with Gasteiger partial charge in [-0.1, -0.05) is 6.07 Å². The van der Waals surface area contributed by atoms with E-state index in [1.165, 1.54) is 0 Å². The topological polar surface area (TPSA) is 66.9 Å². The number of halogens is 1. The molecule has 0 aliphatic heterocycles. The van der Waals surface area contributed by atoms with Crippen molar-refractivity contribution in [2.45, 2.75) is 13.8 Å². The van der Waals surface area contributed by atoms with Gasteiger partial charge in [0.25, 0.3) is 5.91 Å². The second-order valence-corrected chi connectivity index (χ2v) is 4.20. The van der Waals surface area contributed by atoms with E-state index in [4.69, 9.17) is 0 Å². The monoisotopic (exact) mass is 274 g/mol. The van der Waals surface area contributed by atoms with E-state index in [0.29, 0.717) is 18.2 Å². The van der Waals surface area contributed by atoms with Crippen molar-refractivity contribution >= 4 is 17.5 Å². The van der Waals surface area contributed by atoms with Crippen LogP contribution in [-0.2, 0) is 0 Å². The van der Waals surface area contributed by atoms with Crippen LogP contribution in [0.2, 0.25) is 0 Å². The molecule has 0 saturated heterocycles. The number of nitrogens with one attached hydrogen (secondary N) is 2. The van der Waals surface area contributed by atoms with Crippen molar-refractivity contribution in [2.24, 2.45) is 0 Å². The van der Waals surface area contributed by atoms with Crippen LogP contribution in [0.3, 0.4) is 0 Å². The lowest BCUT2D eigenvalue weighted by Gasteiger charge is -2.10. The average molecular weight is 274 g/mol. The van der Waals surface area contributed by atoms with Crippen molar-refractivity contribution in [1.82, 2.24) is 9.97 Å². The van der Waals surface area contributed by atoms with E-state index >= 15 is 0 Å². The van der Waals surface area contributed by atoms with Crippen molar-refractivity contribution in [1.29, 1.82) is 0 Å². The molecule has 0 unspecified atom stereocenters. The number of amides is 1. The quantitative estimate of drug-likeness (QED) is 0.899. The molecule has 0 radical (unpaired) electrons. The molecule has 0 atom stereocenters. The molecule has 0 aromatic carbocycles. The fourth-order valence-corrected chi connectivity index (χ4v) is 1.72. The predicted molar refractivity (Wildman–Crippen MR) is 75.3 cm³/mol. The largest absolute Gasteiger partial charge is 0.370 e. The van der Waals surface area contributed by atoms with Crippen molar-refractivity contribution in [2.75, 3.05) is 17.2 Å². The Morgan fingerprint density at radius 3 is 2.90 bits per heavy atom. The highest BCUT2D eigenvalue weighted by Gasteiger charge is 2.14. The number of hydrogen-bond donors (Lipinski definition) is 2. The molecule has 0 aliphatic carbocycles. The molecular formula is C14H15FN4O. The van der Waals surface area contributed by atoms with Gasteiger partial charge in [-0.3, -0.25) is 4.79 Å². The summed E-state index contributed by atoms with van der Waals surface area (Å²) in [5, 5.41) is 5.55. The predicted octanol–water partition coefficient (Wildman–Crippen LogP) is 2.61. The molecule has 104 valence electrons. The molecule has 1 amide bonds. The van der Waals surface area contributed by atoms with Crippen LogP contribution in [0.4, 0.5) is 16.0 Å². The molecule has 2 N–H and O–H groups in total. The Morgan fingerprint density at radius 2 is 2.20 bits per heavy atom. The number of nitrogens with zero attached hydrogens (tertiary/aromatic N) is 2. The number of pyridine rings is 2. The minimum Gasteiger partial charge on any atom is -0.370 e. The Kier molecular flexibility index (Phi) is 4.24. The normalized spacial score (nSPS) is 10.2. The van der Waals surface area contributed by atoms with Crippen LogP contribution in [0.15, 0.2) is 30.5 Å². The number of rotatable bonds is 4. The van der Waals surface area contributed by atoms with Gasteiger partial charge < -0.3 is 10.6 Å². The fourth-order valence-electron chi connectivity index (χ4n) is 1.72. The third-order valence-electron chi connectivity index (χ3n) is 2.57. The van der Waals surface area contributed by atoms with Crippen LogP contribution < -0.4 is 10.6 Å². The lowest BCUT2D eigenvalue weighted by molar-refractivity contribution is 0.102. The Labute approximate surface area is 116 Å². The number of anilines is 2. The van der Waals surface area contributed by atoms with Crippen LogP contribution in [0.25, 0.3) is 0 Å². The number of carbonyl (C=O) groups is 1. The zero-order valence-corrected chi connectivity index (χ0v) is 11.3. The van der Waals surface area contributed by atoms with Crippen molar-refractivity contribution < 1.29 is 9.18 Å².